The molecule has 3 heterocycles. The normalized spacial score (nSPS) is 12.5. The molecule has 4 aromatic rings. The number of fused-ring (bicyclic) bond motifs is 2. The second kappa shape index (κ2) is 8.91. The van der Waals surface area contributed by atoms with E-state index < -0.39 is 0 Å². The highest BCUT2D eigenvalue weighted by atomic mass is 32.2. The molecule has 0 aliphatic rings. The van der Waals surface area contributed by atoms with E-state index in [9.17, 15) is 9.59 Å². The second-order valence-corrected chi connectivity index (χ2v) is 10.7. The highest BCUT2D eigenvalue weighted by molar-refractivity contribution is 7.99. The average molecular weight is 458 g/mol. The number of rotatable bonds is 7. The van der Waals surface area contributed by atoms with E-state index >= 15 is 0 Å². The van der Waals surface area contributed by atoms with Crippen LogP contribution in [0.3, 0.4) is 0 Å². The Hall–Kier alpha value is -2.16. The molecule has 1 unspecified atom stereocenters. The van der Waals surface area contributed by atoms with Gasteiger partial charge in [0.25, 0.3) is 5.56 Å². The third-order valence-corrected chi connectivity index (χ3v) is 8.45. The Morgan fingerprint density at radius 1 is 1.30 bits per heavy atom. The van der Waals surface area contributed by atoms with Crippen LogP contribution in [0.1, 0.15) is 28.8 Å². The van der Waals surface area contributed by atoms with Gasteiger partial charge in [-0.2, -0.15) is 0 Å². The topological polar surface area (TPSA) is 74.8 Å². The average Bonchev–Trinajstić information content (AvgIpc) is 3.27. The van der Waals surface area contributed by atoms with Crippen molar-refractivity contribution in [3.63, 3.8) is 0 Å². The number of aromatic amines is 1. The van der Waals surface area contributed by atoms with Crippen LogP contribution in [-0.2, 0) is 17.0 Å². The molecule has 156 valence electrons. The van der Waals surface area contributed by atoms with Crippen molar-refractivity contribution in [1.29, 1.82) is 0 Å². The van der Waals surface area contributed by atoms with Crippen LogP contribution in [0, 0.1) is 13.8 Å². The fraction of sp³-hybridized carbons (Fsp3) is 0.318. The zero-order valence-electron chi connectivity index (χ0n) is 17.1. The number of thioether (sulfide) groups is 1. The molecule has 0 saturated heterocycles. The maximum Gasteiger partial charge on any atom is 0.259 e. The monoisotopic (exact) mass is 457 g/mol. The van der Waals surface area contributed by atoms with Crippen molar-refractivity contribution < 1.29 is 4.79 Å². The molecule has 0 radical (unpaired) electrons. The van der Waals surface area contributed by atoms with Gasteiger partial charge in [-0.1, -0.05) is 18.2 Å². The summed E-state index contributed by atoms with van der Waals surface area (Å²) >= 11 is 4.75. The van der Waals surface area contributed by atoms with Crippen LogP contribution in [0.5, 0.6) is 0 Å². The number of H-pyrrole nitrogens is 1. The lowest BCUT2D eigenvalue weighted by molar-refractivity contribution is -0.120. The van der Waals surface area contributed by atoms with Gasteiger partial charge in [-0.25, -0.2) is 4.98 Å². The van der Waals surface area contributed by atoms with Gasteiger partial charge in [-0.3, -0.25) is 9.59 Å². The van der Waals surface area contributed by atoms with Gasteiger partial charge in [0, 0.05) is 16.1 Å². The number of hydrogen-bond acceptors (Lipinski definition) is 6. The molecule has 8 heteroatoms. The van der Waals surface area contributed by atoms with E-state index in [1.54, 1.807) is 11.3 Å². The molecule has 0 bridgehead atoms. The largest absolute Gasteiger partial charge is 0.355 e. The smallest absolute Gasteiger partial charge is 0.259 e. The number of hydrogen-bond donors (Lipinski definition) is 2. The van der Waals surface area contributed by atoms with E-state index in [2.05, 4.69) is 32.8 Å². The van der Waals surface area contributed by atoms with Crippen LogP contribution in [0.4, 0.5) is 0 Å². The van der Waals surface area contributed by atoms with E-state index in [1.165, 1.54) is 38.7 Å². The Bertz CT molecular complexity index is 1270. The van der Waals surface area contributed by atoms with E-state index in [0.717, 1.165) is 21.7 Å². The fourth-order valence-corrected chi connectivity index (χ4v) is 6.16. The molecular weight excluding hydrogens is 434 g/mol. The SMILES string of the molecule is Cc1sc2nc(CSC(C)C(=O)NCCc3csc4ccccc34)[nH]c(=O)c2c1C. The predicted octanol–water partition coefficient (Wildman–Crippen LogP) is 4.80. The standard InChI is InChI=1S/C22H23N3O2S3/c1-12-13(2)30-22-19(12)21(27)24-18(25-22)11-28-14(3)20(26)23-9-8-15-10-29-17-7-5-4-6-16(15)17/h4-7,10,14H,8-9,11H2,1-3H3,(H,23,26)(H,24,25,27). The van der Waals surface area contributed by atoms with Crippen LogP contribution in [0.2, 0.25) is 0 Å². The molecule has 0 aliphatic heterocycles. The minimum absolute atomic E-state index is 0.00535. The Morgan fingerprint density at radius 3 is 2.93 bits per heavy atom. The van der Waals surface area contributed by atoms with E-state index in [-0.39, 0.29) is 16.7 Å². The third kappa shape index (κ3) is 4.31. The number of aromatic nitrogens is 2. The van der Waals surface area contributed by atoms with Gasteiger partial charge >= 0.3 is 0 Å². The Balaban J connectivity index is 1.31. The first-order valence-electron chi connectivity index (χ1n) is 9.77. The first-order valence-corrected chi connectivity index (χ1v) is 12.5. The first kappa shape index (κ1) is 21.1. The summed E-state index contributed by atoms with van der Waals surface area (Å²) in [5.41, 5.74) is 2.17. The maximum absolute atomic E-state index is 12.5. The molecule has 1 atom stereocenters. The van der Waals surface area contributed by atoms with Gasteiger partial charge < -0.3 is 10.3 Å². The third-order valence-electron chi connectivity index (χ3n) is 5.18. The summed E-state index contributed by atoms with van der Waals surface area (Å²) in [6.45, 7) is 6.45. The van der Waals surface area contributed by atoms with Gasteiger partial charge in [0.15, 0.2) is 0 Å². The Kier molecular flexibility index (Phi) is 6.26. The van der Waals surface area contributed by atoms with Crippen LogP contribution in [0.15, 0.2) is 34.4 Å². The van der Waals surface area contributed by atoms with Crippen LogP contribution in [0.25, 0.3) is 20.3 Å². The molecule has 3 aromatic heterocycles. The van der Waals surface area contributed by atoms with Crippen molar-refractivity contribution in [3.05, 3.63) is 61.8 Å². The number of nitrogens with one attached hydrogen (secondary N) is 2. The summed E-state index contributed by atoms with van der Waals surface area (Å²) in [5, 5.41) is 6.92. The number of carbonyl (C=O) groups is 1. The predicted molar refractivity (Wildman–Crippen MR) is 129 cm³/mol. The highest BCUT2D eigenvalue weighted by Crippen LogP contribution is 2.27. The molecule has 0 aliphatic carbocycles. The van der Waals surface area contributed by atoms with E-state index in [4.69, 9.17) is 0 Å². The summed E-state index contributed by atoms with van der Waals surface area (Å²) < 4.78 is 1.28. The number of amides is 1. The molecule has 5 nitrogen and oxygen atoms in total. The molecule has 1 aromatic carbocycles. The van der Waals surface area contributed by atoms with Crippen LogP contribution < -0.4 is 10.9 Å². The summed E-state index contributed by atoms with van der Waals surface area (Å²) in [6, 6.07) is 8.34. The highest BCUT2D eigenvalue weighted by Gasteiger charge is 2.16. The lowest BCUT2D eigenvalue weighted by Gasteiger charge is -2.11. The van der Waals surface area contributed by atoms with Crippen molar-refractivity contribution in [2.24, 2.45) is 0 Å². The molecule has 0 spiro atoms. The van der Waals surface area contributed by atoms with Crippen LogP contribution in [-0.4, -0.2) is 27.7 Å². The maximum atomic E-state index is 12.5. The van der Waals surface area contributed by atoms with E-state index in [1.807, 2.05) is 32.9 Å². The minimum atomic E-state index is -0.225. The minimum Gasteiger partial charge on any atom is -0.355 e. The van der Waals surface area contributed by atoms with E-state index in [0.29, 0.717) is 23.5 Å². The molecule has 1 amide bonds. The molecule has 0 fully saturated rings. The van der Waals surface area contributed by atoms with Crippen LogP contribution >= 0.6 is 34.4 Å². The number of thiophene rings is 2. The molecule has 2 N–H and O–H groups in total. The molecular formula is C22H23N3O2S3. The van der Waals surface area contributed by atoms with Gasteiger partial charge in [-0.15, -0.1) is 34.4 Å². The fourth-order valence-electron chi connectivity index (χ4n) is 3.34. The molecule has 30 heavy (non-hydrogen) atoms. The van der Waals surface area contributed by atoms with Crippen molar-refractivity contribution >= 4 is 60.6 Å². The number of carbonyl (C=O) groups excluding carboxylic acids is 1. The van der Waals surface area contributed by atoms with Gasteiger partial charge in [0.2, 0.25) is 5.91 Å². The summed E-state index contributed by atoms with van der Waals surface area (Å²) in [7, 11) is 0. The zero-order valence-corrected chi connectivity index (χ0v) is 19.5. The summed E-state index contributed by atoms with van der Waals surface area (Å²) in [4.78, 5) is 34.2. The zero-order chi connectivity index (χ0) is 21.3. The van der Waals surface area contributed by atoms with Crippen molar-refractivity contribution in [3.8, 4) is 0 Å². The summed E-state index contributed by atoms with van der Waals surface area (Å²) in [5.74, 6) is 1.11. The van der Waals surface area contributed by atoms with Crippen molar-refractivity contribution in [2.75, 3.05) is 6.54 Å². The van der Waals surface area contributed by atoms with Gasteiger partial charge in [0.05, 0.1) is 16.4 Å². The first-order chi connectivity index (χ1) is 14.4. The molecule has 0 saturated carbocycles. The lowest BCUT2D eigenvalue weighted by atomic mass is 10.1. The summed E-state index contributed by atoms with van der Waals surface area (Å²) in [6.07, 6.45) is 0.815. The quantitative estimate of drug-likeness (QED) is 0.418. The van der Waals surface area contributed by atoms with Crippen molar-refractivity contribution in [1.82, 2.24) is 15.3 Å². The number of aryl methyl sites for hydroxylation is 2. The molecule has 4 rings (SSSR count). The van der Waals surface area contributed by atoms with Gasteiger partial charge in [-0.05, 0) is 55.2 Å². The Labute approximate surface area is 186 Å². The number of nitrogens with zero attached hydrogens (tertiary/aromatic N) is 1. The number of benzene rings is 1. The van der Waals surface area contributed by atoms with Gasteiger partial charge in [0.1, 0.15) is 10.7 Å². The lowest BCUT2D eigenvalue weighted by Crippen LogP contribution is -2.32. The second-order valence-electron chi connectivity index (χ2n) is 7.23. The van der Waals surface area contributed by atoms with Crippen molar-refractivity contribution in [2.45, 2.75) is 38.2 Å². The Morgan fingerprint density at radius 2 is 2.10 bits per heavy atom.